The van der Waals surface area contributed by atoms with Crippen molar-refractivity contribution in [3.63, 3.8) is 0 Å². The Morgan fingerprint density at radius 1 is 1.25 bits per heavy atom. The fourth-order valence-corrected chi connectivity index (χ4v) is 1.62. The summed E-state index contributed by atoms with van der Waals surface area (Å²) in [6, 6.07) is 3.45. The minimum Gasteiger partial charge on any atom is -0.275 e. The normalized spacial score (nSPS) is 11.1. The van der Waals surface area contributed by atoms with Gasteiger partial charge in [-0.25, -0.2) is 0 Å². The molecule has 0 aliphatic rings. The second-order valence-corrected chi connectivity index (χ2v) is 3.74. The molecular formula is C9H7ClN6. The van der Waals surface area contributed by atoms with Crippen molar-refractivity contribution in [2.24, 2.45) is 7.05 Å². The molecule has 0 atom stereocenters. The van der Waals surface area contributed by atoms with E-state index in [1.54, 1.807) is 27.5 Å². The van der Waals surface area contributed by atoms with Crippen LogP contribution >= 0.6 is 11.6 Å². The van der Waals surface area contributed by atoms with Gasteiger partial charge < -0.3 is 0 Å². The summed E-state index contributed by atoms with van der Waals surface area (Å²) in [5.74, 6) is 0.630. The molecule has 7 heteroatoms. The molecule has 0 spiro atoms. The lowest BCUT2D eigenvalue weighted by Crippen LogP contribution is -1.94. The molecule has 3 aromatic rings. The van der Waals surface area contributed by atoms with Crippen molar-refractivity contribution < 1.29 is 0 Å². The molecule has 6 nitrogen and oxygen atoms in total. The van der Waals surface area contributed by atoms with Gasteiger partial charge in [0.25, 0.3) is 0 Å². The molecule has 3 aromatic heterocycles. The van der Waals surface area contributed by atoms with Crippen LogP contribution in [0, 0.1) is 0 Å². The first-order chi connectivity index (χ1) is 7.74. The van der Waals surface area contributed by atoms with Crippen molar-refractivity contribution in [2.45, 2.75) is 0 Å². The Balaban J connectivity index is 2.27. The lowest BCUT2D eigenvalue weighted by Gasteiger charge is -1.95. The lowest BCUT2D eigenvalue weighted by molar-refractivity contribution is 0.767. The van der Waals surface area contributed by atoms with Gasteiger partial charge in [0, 0.05) is 13.2 Å². The first-order valence-corrected chi connectivity index (χ1v) is 4.99. The highest BCUT2D eigenvalue weighted by Gasteiger charge is 2.10. The topological polar surface area (TPSA) is 60.9 Å². The Kier molecular flexibility index (Phi) is 1.90. The van der Waals surface area contributed by atoms with Gasteiger partial charge in [-0.3, -0.25) is 4.68 Å². The SMILES string of the molecule is Cn1cc(-c2nnc3ccc(Cl)nn23)cn1. The van der Waals surface area contributed by atoms with Crippen LogP contribution in [0.25, 0.3) is 17.0 Å². The molecule has 0 saturated heterocycles. The fraction of sp³-hybridized carbons (Fsp3) is 0.111. The van der Waals surface area contributed by atoms with Crippen LogP contribution < -0.4 is 0 Å². The van der Waals surface area contributed by atoms with E-state index < -0.39 is 0 Å². The van der Waals surface area contributed by atoms with Crippen LogP contribution in [0.5, 0.6) is 0 Å². The Morgan fingerprint density at radius 3 is 2.88 bits per heavy atom. The largest absolute Gasteiger partial charge is 0.275 e. The van der Waals surface area contributed by atoms with Gasteiger partial charge in [0.05, 0.1) is 11.8 Å². The van der Waals surface area contributed by atoms with Crippen molar-refractivity contribution >= 4 is 17.2 Å². The maximum Gasteiger partial charge on any atom is 0.188 e. The molecule has 16 heavy (non-hydrogen) atoms. The molecule has 0 aromatic carbocycles. The highest BCUT2D eigenvalue weighted by Crippen LogP contribution is 2.17. The van der Waals surface area contributed by atoms with Gasteiger partial charge in [-0.05, 0) is 12.1 Å². The van der Waals surface area contributed by atoms with Gasteiger partial charge in [0.2, 0.25) is 0 Å². The van der Waals surface area contributed by atoms with E-state index >= 15 is 0 Å². The molecule has 0 saturated carbocycles. The summed E-state index contributed by atoms with van der Waals surface area (Å²) in [6.45, 7) is 0. The zero-order chi connectivity index (χ0) is 11.1. The summed E-state index contributed by atoms with van der Waals surface area (Å²) in [7, 11) is 1.84. The first kappa shape index (κ1) is 9.29. The molecule has 0 aliphatic heterocycles. The van der Waals surface area contributed by atoms with E-state index in [9.17, 15) is 0 Å². The van der Waals surface area contributed by atoms with Crippen LogP contribution in [-0.4, -0.2) is 29.6 Å². The van der Waals surface area contributed by atoms with Crippen LogP contribution in [-0.2, 0) is 7.05 Å². The zero-order valence-electron chi connectivity index (χ0n) is 8.37. The third-order valence-electron chi connectivity index (χ3n) is 2.19. The van der Waals surface area contributed by atoms with Crippen molar-refractivity contribution in [1.82, 2.24) is 29.6 Å². The average molecular weight is 235 g/mol. The smallest absolute Gasteiger partial charge is 0.188 e. The number of halogens is 1. The van der Waals surface area contributed by atoms with Gasteiger partial charge >= 0.3 is 0 Å². The molecular weight excluding hydrogens is 228 g/mol. The highest BCUT2D eigenvalue weighted by molar-refractivity contribution is 6.29. The quantitative estimate of drug-likeness (QED) is 0.634. The van der Waals surface area contributed by atoms with Crippen molar-refractivity contribution in [3.8, 4) is 11.4 Å². The number of aryl methyl sites for hydroxylation is 1. The number of hydrogen-bond donors (Lipinski definition) is 0. The number of nitrogens with zero attached hydrogens (tertiary/aromatic N) is 6. The average Bonchev–Trinajstić information content (AvgIpc) is 2.83. The third kappa shape index (κ3) is 1.35. The summed E-state index contributed by atoms with van der Waals surface area (Å²) in [5, 5.41) is 16.7. The van der Waals surface area contributed by atoms with E-state index in [-0.39, 0.29) is 0 Å². The van der Waals surface area contributed by atoms with Crippen molar-refractivity contribution in [2.75, 3.05) is 0 Å². The Labute approximate surface area is 95.5 Å². The molecule has 0 fully saturated rings. The van der Waals surface area contributed by atoms with Gasteiger partial charge in [0.1, 0.15) is 5.15 Å². The molecule has 3 rings (SSSR count). The Morgan fingerprint density at radius 2 is 2.12 bits per heavy atom. The van der Waals surface area contributed by atoms with Crippen LogP contribution in [0.4, 0.5) is 0 Å². The molecule has 0 unspecified atom stereocenters. The number of fused-ring (bicyclic) bond motifs is 1. The van der Waals surface area contributed by atoms with E-state index in [0.717, 1.165) is 5.56 Å². The molecule has 3 heterocycles. The molecule has 0 radical (unpaired) electrons. The van der Waals surface area contributed by atoms with Crippen molar-refractivity contribution in [3.05, 3.63) is 29.7 Å². The number of rotatable bonds is 1. The maximum absolute atomic E-state index is 5.83. The summed E-state index contributed by atoms with van der Waals surface area (Å²) in [6.07, 6.45) is 3.55. The van der Waals surface area contributed by atoms with Gasteiger partial charge in [-0.15, -0.1) is 10.2 Å². The van der Waals surface area contributed by atoms with E-state index in [1.807, 2.05) is 13.2 Å². The minimum absolute atomic E-state index is 0.400. The van der Waals surface area contributed by atoms with E-state index in [2.05, 4.69) is 20.4 Å². The molecule has 0 amide bonds. The first-order valence-electron chi connectivity index (χ1n) is 4.61. The third-order valence-corrected chi connectivity index (χ3v) is 2.39. The number of hydrogen-bond acceptors (Lipinski definition) is 4. The van der Waals surface area contributed by atoms with Gasteiger partial charge in [-0.1, -0.05) is 11.6 Å². The predicted molar refractivity (Wildman–Crippen MR) is 58.0 cm³/mol. The zero-order valence-corrected chi connectivity index (χ0v) is 9.13. The lowest BCUT2D eigenvalue weighted by atomic mass is 10.3. The summed E-state index contributed by atoms with van der Waals surface area (Å²) >= 11 is 5.83. The molecule has 0 N–H and O–H groups in total. The monoisotopic (exact) mass is 234 g/mol. The summed E-state index contributed by atoms with van der Waals surface area (Å²) in [4.78, 5) is 0. The van der Waals surface area contributed by atoms with E-state index in [4.69, 9.17) is 11.6 Å². The van der Waals surface area contributed by atoms with E-state index in [1.165, 1.54) is 0 Å². The van der Waals surface area contributed by atoms with Crippen LogP contribution in [0.15, 0.2) is 24.5 Å². The predicted octanol–water partition coefficient (Wildman–Crippen LogP) is 1.18. The Bertz CT molecular complexity index is 655. The molecule has 0 aliphatic carbocycles. The van der Waals surface area contributed by atoms with Crippen molar-refractivity contribution in [1.29, 1.82) is 0 Å². The molecule has 0 bridgehead atoms. The second-order valence-electron chi connectivity index (χ2n) is 3.35. The van der Waals surface area contributed by atoms with Gasteiger partial charge in [0.15, 0.2) is 11.5 Å². The summed E-state index contributed by atoms with van der Waals surface area (Å²) < 4.78 is 3.29. The minimum atomic E-state index is 0.400. The van der Waals surface area contributed by atoms with E-state index in [0.29, 0.717) is 16.6 Å². The maximum atomic E-state index is 5.83. The van der Waals surface area contributed by atoms with Gasteiger partial charge in [-0.2, -0.15) is 14.7 Å². The summed E-state index contributed by atoms with van der Waals surface area (Å²) in [5.41, 5.74) is 1.51. The fourth-order valence-electron chi connectivity index (χ4n) is 1.48. The van der Waals surface area contributed by atoms with Crippen LogP contribution in [0.2, 0.25) is 5.15 Å². The number of aromatic nitrogens is 6. The standard InChI is InChI=1S/C9H7ClN6/c1-15-5-6(4-11-15)9-13-12-8-3-2-7(10)14-16(8)9/h2-5H,1H3. The van der Waals surface area contributed by atoms with Crippen LogP contribution in [0.3, 0.4) is 0 Å². The highest BCUT2D eigenvalue weighted by atomic mass is 35.5. The Hall–Kier alpha value is -1.95. The second kappa shape index (κ2) is 3.28. The molecule has 80 valence electrons. The van der Waals surface area contributed by atoms with Crippen LogP contribution in [0.1, 0.15) is 0 Å².